The Balaban J connectivity index is 2.68. The molecule has 1 aliphatic rings. The van der Waals surface area contributed by atoms with E-state index >= 15 is 0 Å². The molecule has 16 heteroatoms. The first-order valence-electron chi connectivity index (χ1n) is 6.20. The Morgan fingerprint density at radius 3 is 2.16 bits per heavy atom. The number of hydrogen-bond acceptors (Lipinski definition) is 13. The second-order valence-corrected chi connectivity index (χ2v) is 10.3. The van der Waals surface area contributed by atoms with Gasteiger partial charge in [-0.1, -0.05) is 0 Å². The van der Waals surface area contributed by atoms with Gasteiger partial charge in [-0.25, -0.2) is 22.0 Å². The van der Waals surface area contributed by atoms with Gasteiger partial charge >= 0.3 is 11.9 Å². The number of sulfonamides is 1. The predicted octanol–water partition coefficient (Wildman–Crippen LogP) is -4.50. The summed E-state index contributed by atoms with van der Waals surface area (Å²) in [5.41, 5.74) is -2.86. The van der Waals surface area contributed by atoms with Gasteiger partial charge in [0.2, 0.25) is 9.84 Å². The van der Waals surface area contributed by atoms with Crippen molar-refractivity contribution in [1.82, 2.24) is 5.32 Å². The molecular weight excluding hydrogens is 408 g/mol. The molecule has 2 rings (SSSR count). The maximum absolute atomic E-state index is 12.1. The highest BCUT2D eigenvalue weighted by Gasteiger charge is 2.52. The van der Waals surface area contributed by atoms with Crippen LogP contribution in [-0.2, 0) is 19.9 Å². The molecule has 1 aromatic rings. The lowest BCUT2D eigenvalue weighted by Gasteiger charge is -2.36. The third-order valence-electron chi connectivity index (χ3n) is 3.36. The Labute approximate surface area is 144 Å². The molecule has 1 aliphatic heterocycles. The third kappa shape index (κ3) is 3.38. The van der Waals surface area contributed by atoms with Crippen molar-refractivity contribution in [2.24, 2.45) is 5.14 Å². The van der Waals surface area contributed by atoms with Gasteiger partial charge in [0.25, 0.3) is 10.0 Å². The molecule has 25 heavy (non-hydrogen) atoms. The lowest BCUT2D eigenvalue weighted by Crippen LogP contribution is -2.64. The van der Waals surface area contributed by atoms with E-state index in [9.17, 15) is 37.3 Å². The van der Waals surface area contributed by atoms with Crippen LogP contribution in [0.2, 0.25) is 0 Å². The molecular formula is C9H14N2O11S3. The van der Waals surface area contributed by atoms with Gasteiger partial charge in [0.05, 0.1) is 0 Å². The summed E-state index contributed by atoms with van der Waals surface area (Å²) in [7, 11) is -9.07. The molecule has 0 fully saturated rings. The zero-order valence-electron chi connectivity index (χ0n) is 11.9. The van der Waals surface area contributed by atoms with Gasteiger partial charge in [-0.2, -0.15) is 0 Å². The van der Waals surface area contributed by atoms with E-state index in [0.717, 1.165) is 0 Å². The number of hydrogen-bond donors (Lipinski definition) is 9. The highest BCUT2D eigenvalue weighted by atomic mass is 32.3. The van der Waals surface area contributed by atoms with E-state index in [1.165, 1.54) is 0 Å². The van der Waals surface area contributed by atoms with Crippen LogP contribution in [0.15, 0.2) is 8.42 Å². The summed E-state index contributed by atoms with van der Waals surface area (Å²) >= 11 is 0.0151. The summed E-state index contributed by atoms with van der Waals surface area (Å²) in [4.78, 5) is 0. The van der Waals surface area contributed by atoms with E-state index in [2.05, 4.69) is 0 Å². The van der Waals surface area contributed by atoms with Crippen molar-refractivity contribution < 1.29 is 52.6 Å². The fourth-order valence-electron chi connectivity index (χ4n) is 2.15. The Morgan fingerprint density at radius 1 is 1.20 bits per heavy atom. The first kappa shape index (κ1) is 20.4. The minimum Gasteiger partial charge on any atom is -0.505 e. The first-order chi connectivity index (χ1) is 11.0. The first-order valence-corrected chi connectivity index (χ1v) is 10.1. The molecule has 2 heterocycles. The summed E-state index contributed by atoms with van der Waals surface area (Å²) in [6, 6.07) is -1.72. The van der Waals surface area contributed by atoms with E-state index in [1.54, 1.807) is 5.32 Å². The molecule has 0 radical (unpaired) electrons. The number of aliphatic hydroxyl groups is 6. The van der Waals surface area contributed by atoms with Crippen molar-refractivity contribution in [3.05, 3.63) is 5.56 Å². The van der Waals surface area contributed by atoms with Gasteiger partial charge in [-0.15, -0.1) is 11.3 Å². The van der Waals surface area contributed by atoms with E-state index < -0.39 is 69.4 Å². The Morgan fingerprint density at radius 2 is 1.72 bits per heavy atom. The Hall–Kier alpha value is -0.920. The van der Waals surface area contributed by atoms with Gasteiger partial charge in [-0.3, -0.25) is 5.32 Å². The number of thiophene rings is 1. The minimum atomic E-state index is -4.57. The summed E-state index contributed by atoms with van der Waals surface area (Å²) in [5, 5.41) is 71.8. The molecule has 1 aromatic heterocycles. The van der Waals surface area contributed by atoms with E-state index in [4.69, 9.17) is 20.5 Å². The number of rotatable bonds is 4. The van der Waals surface area contributed by atoms with E-state index in [1.807, 2.05) is 0 Å². The highest BCUT2D eigenvalue weighted by molar-refractivity contribution is 7.95. The minimum absolute atomic E-state index is 0.0151. The van der Waals surface area contributed by atoms with Gasteiger partial charge in [0.15, 0.2) is 15.4 Å². The second-order valence-electron chi connectivity index (χ2n) is 5.22. The molecule has 0 bridgehead atoms. The Bertz CT molecular complexity index is 896. The van der Waals surface area contributed by atoms with Gasteiger partial charge < -0.3 is 35.7 Å². The molecule has 0 aliphatic carbocycles. The zero-order valence-corrected chi connectivity index (χ0v) is 14.4. The molecule has 0 saturated heterocycles. The smallest absolute Gasteiger partial charge is 0.348 e. The SMILES string of the molecule is NS(=O)(=O)c1sc2c(c1O)C(NC(O)(O)C(O)(O)O)CC(O)S2(=O)=O. The fourth-order valence-corrected chi connectivity index (χ4v) is 6.41. The lowest BCUT2D eigenvalue weighted by molar-refractivity contribution is -0.457. The molecule has 0 spiro atoms. The van der Waals surface area contributed by atoms with Crippen molar-refractivity contribution in [3.8, 4) is 5.75 Å². The highest BCUT2D eigenvalue weighted by Crippen LogP contribution is 2.49. The monoisotopic (exact) mass is 422 g/mol. The molecule has 0 aromatic carbocycles. The van der Waals surface area contributed by atoms with E-state index in [-0.39, 0.29) is 11.3 Å². The van der Waals surface area contributed by atoms with Crippen LogP contribution in [0.25, 0.3) is 0 Å². The van der Waals surface area contributed by atoms with Crippen LogP contribution in [0, 0.1) is 0 Å². The normalized spacial score (nSPS) is 24.1. The molecule has 13 nitrogen and oxygen atoms in total. The number of nitrogens with two attached hydrogens (primary N) is 1. The summed E-state index contributed by atoms with van der Waals surface area (Å²) in [6.45, 7) is 0. The van der Waals surface area contributed by atoms with Gasteiger partial charge in [0.1, 0.15) is 4.21 Å². The zero-order chi connectivity index (χ0) is 19.6. The average Bonchev–Trinajstić information content (AvgIpc) is 2.73. The number of aliphatic hydroxyl groups excluding tert-OH is 1. The quantitative estimate of drug-likeness (QED) is 0.208. The van der Waals surface area contributed by atoms with Crippen LogP contribution in [0.3, 0.4) is 0 Å². The molecule has 144 valence electrons. The molecule has 0 amide bonds. The number of primary sulfonamides is 1. The van der Waals surface area contributed by atoms with Crippen LogP contribution in [-0.4, -0.2) is 69.9 Å². The van der Waals surface area contributed by atoms with Crippen molar-refractivity contribution in [2.45, 2.75) is 38.2 Å². The average molecular weight is 422 g/mol. The summed E-state index contributed by atoms with van der Waals surface area (Å²) < 4.78 is 45.3. The van der Waals surface area contributed by atoms with Crippen molar-refractivity contribution in [3.63, 3.8) is 0 Å². The van der Waals surface area contributed by atoms with Crippen LogP contribution in [0.4, 0.5) is 0 Å². The molecule has 2 atom stereocenters. The van der Waals surface area contributed by atoms with Gasteiger partial charge in [-0.05, 0) is 0 Å². The molecule has 10 N–H and O–H groups in total. The summed E-state index contributed by atoms with van der Waals surface area (Å²) in [5.74, 6) is -9.10. The second kappa shape index (κ2) is 5.79. The van der Waals surface area contributed by atoms with Crippen molar-refractivity contribution in [1.29, 1.82) is 0 Å². The Kier molecular flexibility index (Phi) is 4.72. The number of sulfone groups is 1. The maximum atomic E-state index is 12.1. The summed E-state index contributed by atoms with van der Waals surface area (Å²) in [6.07, 6.45) is -0.858. The topological polar surface area (TPSA) is 248 Å². The van der Waals surface area contributed by atoms with E-state index in [0.29, 0.717) is 0 Å². The lowest BCUT2D eigenvalue weighted by atomic mass is 10.1. The van der Waals surface area contributed by atoms with Crippen LogP contribution in [0.1, 0.15) is 18.0 Å². The van der Waals surface area contributed by atoms with Crippen LogP contribution in [0.5, 0.6) is 5.75 Å². The molecule has 0 saturated carbocycles. The van der Waals surface area contributed by atoms with Gasteiger partial charge in [0, 0.05) is 18.0 Å². The fraction of sp³-hybridized carbons (Fsp3) is 0.556. The molecule has 2 unspecified atom stereocenters. The number of fused-ring (bicyclic) bond motifs is 1. The largest absolute Gasteiger partial charge is 0.505 e. The van der Waals surface area contributed by atoms with Crippen LogP contribution >= 0.6 is 11.3 Å². The number of nitrogens with one attached hydrogen (secondary N) is 1. The predicted molar refractivity (Wildman–Crippen MR) is 77.6 cm³/mol. The maximum Gasteiger partial charge on any atom is 0.348 e. The standard InChI is InChI=1S/C9H14N2O11S3/c10-25(21,22)7-5(13)4-2(11-8(14,15)9(16,17)18)1-3(12)24(19,20)6(4)23-7/h2-3,11-18H,1H2,(H2,10,21,22). The van der Waals surface area contributed by atoms with Crippen molar-refractivity contribution in [2.75, 3.05) is 0 Å². The third-order valence-corrected chi connectivity index (χ3v) is 8.39. The van der Waals surface area contributed by atoms with Crippen molar-refractivity contribution >= 4 is 31.2 Å². The van der Waals surface area contributed by atoms with Crippen LogP contribution < -0.4 is 10.5 Å². The number of aromatic hydroxyl groups is 1.